The zero-order valence-corrected chi connectivity index (χ0v) is 36.2. The smallest absolute Gasteiger partial charge is 0.135 e. The number of benzene rings is 9. The summed E-state index contributed by atoms with van der Waals surface area (Å²) >= 11 is 0. The summed E-state index contributed by atoms with van der Waals surface area (Å²) in [6.45, 7) is 2.29. The minimum Gasteiger partial charge on any atom is -0.456 e. The number of nitrogens with zero attached hydrogens (tertiary/aromatic N) is 1. The number of hydrogen-bond acceptors (Lipinski definition) is 3. The summed E-state index contributed by atoms with van der Waals surface area (Å²) in [4.78, 5) is 0. The summed E-state index contributed by atoms with van der Waals surface area (Å²) in [5.41, 5.74) is 18.5. The Kier molecular flexibility index (Phi) is 9.73. The van der Waals surface area contributed by atoms with Crippen molar-refractivity contribution >= 4 is 49.4 Å². The minimum atomic E-state index is -0.223. The maximum atomic E-state index is 6.72. The van der Waals surface area contributed by atoms with E-state index in [9.17, 15) is 0 Å². The average molecular weight is 838 g/mol. The Bertz CT molecular complexity index is 3550. The van der Waals surface area contributed by atoms with E-state index >= 15 is 0 Å². The molecule has 0 saturated heterocycles. The van der Waals surface area contributed by atoms with Crippen molar-refractivity contribution in [2.45, 2.75) is 32.0 Å². The molecule has 0 spiro atoms. The maximum absolute atomic E-state index is 6.72. The van der Waals surface area contributed by atoms with Gasteiger partial charge in [-0.05, 0) is 118 Å². The summed E-state index contributed by atoms with van der Waals surface area (Å²) in [5.74, 6) is 0. The topological polar surface area (TPSA) is 42.1 Å². The van der Waals surface area contributed by atoms with Gasteiger partial charge < -0.3 is 14.3 Å². The second-order valence-electron chi connectivity index (χ2n) is 17.4. The van der Waals surface area contributed by atoms with Gasteiger partial charge >= 0.3 is 0 Å². The van der Waals surface area contributed by atoms with Crippen LogP contribution in [0.5, 0.6) is 0 Å². The predicted molar refractivity (Wildman–Crippen MR) is 271 cm³/mol. The third-order valence-electron chi connectivity index (χ3n) is 13.4. The molecule has 2 aromatic heterocycles. The van der Waals surface area contributed by atoms with Crippen molar-refractivity contribution in [2.75, 3.05) is 0 Å². The highest BCUT2D eigenvalue weighted by Gasteiger charge is 2.27. The van der Waals surface area contributed by atoms with Crippen molar-refractivity contribution in [3.63, 3.8) is 0 Å². The van der Waals surface area contributed by atoms with Gasteiger partial charge in [-0.2, -0.15) is 0 Å². The molecular weight excluding hydrogens is 791 g/mol. The number of fused-ring (bicyclic) bond motifs is 6. The molecule has 4 heteroatoms. The van der Waals surface area contributed by atoms with E-state index in [0.717, 1.165) is 51.7 Å². The molecule has 0 radical (unpaired) electrons. The molecule has 312 valence electrons. The Morgan fingerprint density at radius 3 is 1.85 bits per heavy atom. The van der Waals surface area contributed by atoms with Gasteiger partial charge in [0.15, 0.2) is 0 Å². The Morgan fingerprint density at radius 2 is 1.06 bits per heavy atom. The van der Waals surface area contributed by atoms with Crippen LogP contribution in [0.15, 0.2) is 228 Å². The van der Waals surface area contributed by atoms with Crippen LogP contribution in [-0.2, 0) is 0 Å². The van der Waals surface area contributed by atoms with E-state index in [4.69, 9.17) is 4.42 Å². The molecule has 0 bridgehead atoms. The third-order valence-corrected chi connectivity index (χ3v) is 13.4. The molecule has 0 amide bonds. The second-order valence-corrected chi connectivity index (χ2v) is 17.4. The summed E-state index contributed by atoms with van der Waals surface area (Å²) in [6, 6.07) is 79.0. The second kappa shape index (κ2) is 16.3. The molecule has 9 aromatic carbocycles. The first-order valence-corrected chi connectivity index (χ1v) is 22.7. The predicted octanol–water partition coefficient (Wildman–Crippen LogP) is 15.8. The first-order chi connectivity index (χ1) is 32.1. The third kappa shape index (κ3) is 7.09. The Balaban J connectivity index is 0.977. The van der Waals surface area contributed by atoms with Crippen molar-refractivity contribution < 1.29 is 4.42 Å². The van der Waals surface area contributed by atoms with E-state index in [2.05, 4.69) is 241 Å². The summed E-state index contributed by atoms with van der Waals surface area (Å²) in [7, 11) is 0. The largest absolute Gasteiger partial charge is 0.456 e. The van der Waals surface area contributed by atoms with Crippen LogP contribution in [0.25, 0.3) is 88.5 Å². The first-order valence-electron chi connectivity index (χ1n) is 22.7. The number of aromatic nitrogens is 1. The van der Waals surface area contributed by atoms with Crippen molar-refractivity contribution in [1.82, 2.24) is 15.2 Å². The van der Waals surface area contributed by atoms with Crippen molar-refractivity contribution in [3.05, 3.63) is 241 Å². The first kappa shape index (κ1) is 38.7. The monoisotopic (exact) mass is 837 g/mol. The molecule has 65 heavy (non-hydrogen) atoms. The van der Waals surface area contributed by atoms with Gasteiger partial charge in [0.1, 0.15) is 17.3 Å². The summed E-state index contributed by atoms with van der Waals surface area (Å²) in [5, 5.41) is 12.9. The van der Waals surface area contributed by atoms with Gasteiger partial charge in [-0.3, -0.25) is 5.32 Å². The highest BCUT2D eigenvalue weighted by atomic mass is 16.3. The summed E-state index contributed by atoms with van der Waals surface area (Å²) < 4.78 is 9.13. The SMILES string of the molecule is C/C1=C(/c2ccc(-c3ccccc3)cc2)NC(c2cccc3oc4ccc(-n5c6ccccc6c6cc(-c7cccc(-c8ccccc8)c7)ccc65)cc4c23)NC(c2ccccc2)CC1. The van der Waals surface area contributed by atoms with E-state index in [1.165, 1.54) is 71.9 Å². The average Bonchev–Trinajstić information content (AvgIpc) is 3.91. The van der Waals surface area contributed by atoms with Gasteiger partial charge in [0.05, 0.1) is 11.0 Å². The van der Waals surface area contributed by atoms with Gasteiger partial charge in [-0.15, -0.1) is 0 Å². The fraction of sp³-hybridized carbons (Fsp3) is 0.0820. The molecule has 4 nitrogen and oxygen atoms in total. The standard InChI is InChI=1S/C61H47N3O/c1-40-27-34-54(44-19-9-4-10-20-44)62-61(63-60(40)45-30-28-43(29-31-45)41-15-5-2-6-16-41)51-24-14-26-58-59(51)53-39-49(33-36-57(53)65-58)64-55-25-12-11-23-50(55)52-38-48(32-35-56(52)64)47-22-13-21-46(37-47)42-17-7-3-8-18-42/h2-26,28-33,35-39,54,61-63H,27,34H2,1H3/b60-40+. The fourth-order valence-electron chi connectivity index (χ4n) is 10.1. The number of hydrogen-bond donors (Lipinski definition) is 2. The van der Waals surface area contributed by atoms with Gasteiger partial charge in [-0.25, -0.2) is 0 Å². The number of nitrogens with one attached hydrogen (secondary N) is 2. The lowest BCUT2D eigenvalue weighted by molar-refractivity contribution is 0.394. The van der Waals surface area contributed by atoms with E-state index in [1.54, 1.807) is 0 Å². The number of allylic oxidation sites excluding steroid dienone is 1. The van der Waals surface area contributed by atoms with Crippen LogP contribution in [0.1, 0.15) is 48.7 Å². The molecule has 1 aliphatic rings. The van der Waals surface area contributed by atoms with E-state index in [-0.39, 0.29) is 12.2 Å². The van der Waals surface area contributed by atoms with Crippen molar-refractivity contribution in [1.29, 1.82) is 0 Å². The molecular formula is C61H47N3O. The lowest BCUT2D eigenvalue weighted by atomic mass is 9.93. The number of para-hydroxylation sites is 1. The Labute approximate surface area is 379 Å². The molecule has 11 aromatic rings. The van der Waals surface area contributed by atoms with Crippen LogP contribution < -0.4 is 10.6 Å². The van der Waals surface area contributed by atoms with Gasteiger partial charge in [0.25, 0.3) is 0 Å². The molecule has 0 aliphatic carbocycles. The molecule has 12 rings (SSSR count). The Morgan fingerprint density at radius 1 is 0.462 bits per heavy atom. The normalized spacial score (nSPS) is 16.8. The fourth-order valence-corrected chi connectivity index (χ4v) is 10.1. The van der Waals surface area contributed by atoms with E-state index in [1.807, 2.05) is 0 Å². The van der Waals surface area contributed by atoms with Crippen LogP contribution >= 0.6 is 0 Å². The van der Waals surface area contributed by atoms with Crippen LogP contribution in [0, 0.1) is 0 Å². The van der Waals surface area contributed by atoms with Gasteiger partial charge in [-0.1, -0.05) is 170 Å². The van der Waals surface area contributed by atoms with E-state index in [0.29, 0.717) is 0 Å². The highest BCUT2D eigenvalue weighted by molar-refractivity contribution is 6.12. The molecule has 2 unspecified atom stereocenters. The molecule has 2 N–H and O–H groups in total. The maximum Gasteiger partial charge on any atom is 0.135 e. The van der Waals surface area contributed by atoms with Crippen LogP contribution in [0.2, 0.25) is 0 Å². The lowest BCUT2D eigenvalue weighted by Gasteiger charge is -2.33. The molecule has 2 atom stereocenters. The van der Waals surface area contributed by atoms with Crippen LogP contribution in [0.4, 0.5) is 0 Å². The molecule has 3 heterocycles. The zero-order chi connectivity index (χ0) is 43.3. The zero-order valence-electron chi connectivity index (χ0n) is 36.2. The quantitative estimate of drug-likeness (QED) is 0.168. The lowest BCUT2D eigenvalue weighted by Crippen LogP contribution is -2.38. The van der Waals surface area contributed by atoms with Crippen molar-refractivity contribution in [3.8, 4) is 39.1 Å². The Hall–Kier alpha value is -7.92. The van der Waals surface area contributed by atoms with Gasteiger partial charge in [0, 0.05) is 44.5 Å². The van der Waals surface area contributed by atoms with Crippen molar-refractivity contribution in [2.24, 2.45) is 0 Å². The van der Waals surface area contributed by atoms with E-state index < -0.39 is 0 Å². The molecule has 0 fully saturated rings. The van der Waals surface area contributed by atoms with Gasteiger partial charge in [0.2, 0.25) is 0 Å². The number of rotatable bonds is 7. The molecule has 0 saturated carbocycles. The highest BCUT2D eigenvalue weighted by Crippen LogP contribution is 2.41. The van der Waals surface area contributed by atoms with Crippen LogP contribution in [-0.4, -0.2) is 4.57 Å². The van der Waals surface area contributed by atoms with Crippen LogP contribution in [0.3, 0.4) is 0 Å². The summed E-state index contributed by atoms with van der Waals surface area (Å²) in [6.07, 6.45) is 1.71. The molecule has 1 aliphatic heterocycles. The minimum absolute atomic E-state index is 0.137. The number of furan rings is 1.